The van der Waals surface area contributed by atoms with Crippen molar-refractivity contribution >= 4 is 7.14 Å². The van der Waals surface area contributed by atoms with Crippen LogP contribution >= 0.6 is 7.14 Å². The molecule has 110 valence electrons. The summed E-state index contributed by atoms with van der Waals surface area (Å²) in [5.41, 5.74) is -0.296. The smallest absolute Gasteiger partial charge is 0.127 e. The highest BCUT2D eigenvalue weighted by molar-refractivity contribution is 7.68. The number of hydrogen-bond acceptors (Lipinski definition) is 2. The maximum Gasteiger partial charge on any atom is 0.127 e. The van der Waals surface area contributed by atoms with Crippen LogP contribution in [0.5, 0.6) is 0 Å². The predicted octanol–water partition coefficient (Wildman–Crippen LogP) is 5.50. The molecule has 18 heavy (non-hydrogen) atoms. The first kappa shape index (κ1) is 18.2. The second-order valence-corrected chi connectivity index (χ2v) is 13.6. The molecule has 0 aliphatic rings. The molecule has 0 aliphatic carbocycles. The maximum absolute atomic E-state index is 13.8. The van der Waals surface area contributed by atoms with Gasteiger partial charge in [0, 0.05) is 10.3 Å². The van der Waals surface area contributed by atoms with Gasteiger partial charge in [-0.25, -0.2) is 0 Å². The van der Waals surface area contributed by atoms with Gasteiger partial charge >= 0.3 is 0 Å². The Hall–Kier alpha value is 0.190. The third-order valence-electron chi connectivity index (χ3n) is 3.20. The monoisotopic (exact) mass is 276 g/mol. The summed E-state index contributed by atoms with van der Waals surface area (Å²) in [4.78, 5) is 0. The molecule has 0 aromatic carbocycles. The van der Waals surface area contributed by atoms with Gasteiger partial charge in [-0.3, -0.25) is 0 Å². The van der Waals surface area contributed by atoms with E-state index in [4.69, 9.17) is 4.74 Å². The lowest BCUT2D eigenvalue weighted by molar-refractivity contribution is -0.0704. The van der Waals surface area contributed by atoms with Crippen LogP contribution in [0.2, 0.25) is 0 Å². The second-order valence-electron chi connectivity index (χ2n) is 8.61. The van der Waals surface area contributed by atoms with Gasteiger partial charge in [0.2, 0.25) is 0 Å². The quantitative estimate of drug-likeness (QED) is 0.623. The zero-order valence-electron chi connectivity index (χ0n) is 14.3. The summed E-state index contributed by atoms with van der Waals surface area (Å²) >= 11 is 0. The third-order valence-corrected chi connectivity index (χ3v) is 8.59. The molecule has 0 aliphatic heterocycles. The number of rotatable bonds is 2. The minimum Gasteiger partial charge on any atom is -0.362 e. The molecule has 0 amide bonds. The molecule has 0 rings (SSSR count). The van der Waals surface area contributed by atoms with Crippen molar-refractivity contribution in [1.29, 1.82) is 0 Å². The first-order chi connectivity index (χ1) is 7.46. The molecule has 0 saturated carbocycles. The van der Waals surface area contributed by atoms with Crippen LogP contribution in [-0.4, -0.2) is 21.3 Å². The minimum atomic E-state index is -2.61. The Bertz CT molecular complexity index is 317. The fourth-order valence-electron chi connectivity index (χ4n) is 3.44. The SMILES string of the molecule is CC(C)(C)OC(C)(C)P(=O)(C(C)(C)C)C(C)(C)C. The van der Waals surface area contributed by atoms with Gasteiger partial charge in [0.1, 0.15) is 12.5 Å². The molecule has 0 saturated heterocycles. The van der Waals surface area contributed by atoms with E-state index in [0.29, 0.717) is 0 Å². The molecule has 0 spiro atoms. The van der Waals surface area contributed by atoms with Crippen molar-refractivity contribution in [2.75, 3.05) is 0 Å². The Morgan fingerprint density at radius 1 is 0.667 bits per heavy atom. The van der Waals surface area contributed by atoms with Gasteiger partial charge in [0.15, 0.2) is 0 Å². The van der Waals surface area contributed by atoms with Crippen LogP contribution in [0.1, 0.15) is 76.2 Å². The molecule has 0 fully saturated rings. The van der Waals surface area contributed by atoms with Crippen molar-refractivity contribution in [3.05, 3.63) is 0 Å². The Kier molecular flexibility index (Phi) is 4.68. The third kappa shape index (κ3) is 3.39. The van der Waals surface area contributed by atoms with Crippen molar-refractivity contribution in [3.63, 3.8) is 0 Å². The topological polar surface area (TPSA) is 26.3 Å². The van der Waals surface area contributed by atoms with Gasteiger partial charge in [-0.15, -0.1) is 0 Å². The fraction of sp³-hybridized carbons (Fsp3) is 1.00. The second kappa shape index (κ2) is 4.63. The van der Waals surface area contributed by atoms with Gasteiger partial charge in [0.05, 0.1) is 5.60 Å². The van der Waals surface area contributed by atoms with Crippen molar-refractivity contribution in [3.8, 4) is 0 Å². The van der Waals surface area contributed by atoms with E-state index in [1.54, 1.807) is 0 Å². The Morgan fingerprint density at radius 2 is 0.944 bits per heavy atom. The van der Waals surface area contributed by atoms with Crippen molar-refractivity contribution in [2.24, 2.45) is 0 Å². The summed E-state index contributed by atoms with van der Waals surface area (Å²) in [5, 5.41) is -1.19. The average Bonchev–Trinajstić information content (AvgIpc) is 1.92. The van der Waals surface area contributed by atoms with Gasteiger partial charge in [-0.1, -0.05) is 41.5 Å². The normalized spacial score (nSPS) is 15.9. The number of ether oxygens (including phenoxy) is 1. The number of hydrogen-bond donors (Lipinski definition) is 0. The van der Waals surface area contributed by atoms with E-state index in [1.165, 1.54) is 0 Å². The van der Waals surface area contributed by atoms with E-state index in [-0.39, 0.29) is 15.9 Å². The molecule has 0 N–H and O–H groups in total. The zero-order chi connectivity index (χ0) is 15.2. The lowest BCUT2D eigenvalue weighted by atomic mass is 10.2. The first-order valence-electron chi connectivity index (χ1n) is 6.76. The largest absolute Gasteiger partial charge is 0.362 e. The molecule has 0 aromatic rings. The zero-order valence-corrected chi connectivity index (χ0v) is 15.2. The fourth-order valence-corrected chi connectivity index (χ4v) is 9.08. The van der Waals surface area contributed by atoms with Crippen LogP contribution in [0.4, 0.5) is 0 Å². The van der Waals surface area contributed by atoms with Crippen molar-refractivity contribution < 1.29 is 9.30 Å². The van der Waals surface area contributed by atoms with Crippen LogP contribution in [0.3, 0.4) is 0 Å². The maximum atomic E-state index is 13.8. The van der Waals surface area contributed by atoms with Crippen molar-refractivity contribution in [1.82, 2.24) is 0 Å². The summed E-state index contributed by atoms with van der Waals surface area (Å²) in [5.74, 6) is 0. The highest BCUT2D eigenvalue weighted by atomic mass is 31.2. The highest BCUT2D eigenvalue weighted by Crippen LogP contribution is 2.74. The molecule has 0 atom stereocenters. The Morgan fingerprint density at radius 3 is 1.11 bits per heavy atom. The summed E-state index contributed by atoms with van der Waals surface area (Å²) in [6, 6.07) is 0. The predicted molar refractivity (Wildman–Crippen MR) is 82.0 cm³/mol. The summed E-state index contributed by atoms with van der Waals surface area (Å²) < 4.78 is 20.0. The van der Waals surface area contributed by atoms with Crippen LogP contribution in [0, 0.1) is 0 Å². The molecule has 0 unspecified atom stereocenters. The lowest BCUT2D eigenvalue weighted by Gasteiger charge is -2.51. The van der Waals surface area contributed by atoms with Crippen molar-refractivity contribution in [2.45, 2.75) is 97.4 Å². The molecule has 0 aromatic heterocycles. The molecule has 0 radical (unpaired) electrons. The Balaban J connectivity index is 5.87. The van der Waals surface area contributed by atoms with Crippen LogP contribution in [-0.2, 0) is 9.30 Å². The van der Waals surface area contributed by atoms with E-state index >= 15 is 0 Å². The minimum absolute atomic E-state index is 0.278. The Labute approximate surface area is 114 Å². The van der Waals surface area contributed by atoms with E-state index in [2.05, 4.69) is 41.5 Å². The van der Waals surface area contributed by atoms with E-state index in [9.17, 15) is 4.57 Å². The van der Waals surface area contributed by atoms with Gasteiger partial charge in [0.25, 0.3) is 0 Å². The molecule has 3 heteroatoms. The van der Waals surface area contributed by atoms with Gasteiger partial charge in [-0.05, 0) is 34.6 Å². The van der Waals surface area contributed by atoms with Crippen LogP contribution in [0.25, 0.3) is 0 Å². The summed E-state index contributed by atoms with van der Waals surface area (Å²) in [7, 11) is -2.61. The van der Waals surface area contributed by atoms with Gasteiger partial charge < -0.3 is 9.30 Å². The molecule has 2 nitrogen and oxygen atoms in total. The standard InChI is InChI=1S/C15H33O2P/c1-12(2,3)17-15(10,11)18(16,13(4,5)6)14(7,8)9/h1-11H3. The van der Waals surface area contributed by atoms with Gasteiger partial charge in [-0.2, -0.15) is 0 Å². The van der Waals surface area contributed by atoms with Crippen LogP contribution in [0.15, 0.2) is 0 Å². The average molecular weight is 276 g/mol. The summed E-state index contributed by atoms with van der Waals surface area (Å²) in [6.45, 7) is 22.4. The molecular weight excluding hydrogens is 243 g/mol. The molecular formula is C15H33O2P. The van der Waals surface area contributed by atoms with Crippen LogP contribution < -0.4 is 0 Å². The lowest BCUT2D eigenvalue weighted by Crippen LogP contribution is -2.45. The summed E-state index contributed by atoms with van der Waals surface area (Å²) in [6.07, 6.45) is 0. The first-order valence-corrected chi connectivity index (χ1v) is 8.47. The molecule has 0 bridgehead atoms. The van der Waals surface area contributed by atoms with E-state index in [1.807, 2.05) is 34.6 Å². The van der Waals surface area contributed by atoms with E-state index in [0.717, 1.165) is 0 Å². The highest BCUT2D eigenvalue weighted by Gasteiger charge is 2.57. The van der Waals surface area contributed by atoms with E-state index < -0.39 is 12.5 Å². The molecule has 0 heterocycles.